The number of aromatic nitrogens is 3. The van der Waals surface area contributed by atoms with Crippen LogP contribution in [0.5, 0.6) is 11.5 Å². The first-order valence-corrected chi connectivity index (χ1v) is 9.35. The molecule has 0 aliphatic carbocycles. The number of anilines is 2. The van der Waals surface area contributed by atoms with E-state index in [1.165, 1.54) is 7.11 Å². The number of phenols is 1. The van der Waals surface area contributed by atoms with Crippen molar-refractivity contribution in [2.75, 3.05) is 19.0 Å². The Bertz CT molecular complexity index is 1200. The molecule has 2 aromatic carbocycles. The molecule has 0 aliphatic rings. The van der Waals surface area contributed by atoms with Gasteiger partial charge in [0.15, 0.2) is 11.5 Å². The molecule has 8 heteroatoms. The molecule has 0 saturated heterocycles. The Balaban J connectivity index is 1.75. The summed E-state index contributed by atoms with van der Waals surface area (Å²) in [5, 5.41) is 13.3. The van der Waals surface area contributed by atoms with Gasteiger partial charge >= 0.3 is 5.97 Å². The highest BCUT2D eigenvalue weighted by molar-refractivity contribution is 5.90. The van der Waals surface area contributed by atoms with E-state index in [1.807, 2.05) is 16.7 Å². The van der Waals surface area contributed by atoms with Crippen molar-refractivity contribution in [3.63, 3.8) is 0 Å². The molecule has 2 N–H and O–H groups in total. The lowest BCUT2D eigenvalue weighted by molar-refractivity contribution is 0.0526. The van der Waals surface area contributed by atoms with Crippen LogP contribution in [0.3, 0.4) is 0 Å². The Labute approximate surface area is 172 Å². The van der Waals surface area contributed by atoms with Crippen molar-refractivity contribution < 1.29 is 19.4 Å². The van der Waals surface area contributed by atoms with Crippen molar-refractivity contribution in [1.29, 1.82) is 0 Å². The van der Waals surface area contributed by atoms with Crippen LogP contribution in [0, 0.1) is 0 Å². The number of carbonyl (C=O) groups excluding carboxylic acids is 1. The number of hydrogen-bond acceptors (Lipinski definition) is 7. The van der Waals surface area contributed by atoms with Gasteiger partial charge in [0.1, 0.15) is 11.5 Å². The molecule has 2 heterocycles. The average Bonchev–Trinajstić information content (AvgIpc) is 3.13. The number of imidazole rings is 1. The van der Waals surface area contributed by atoms with Gasteiger partial charge in [-0.2, -0.15) is 0 Å². The van der Waals surface area contributed by atoms with Gasteiger partial charge < -0.3 is 19.9 Å². The predicted octanol–water partition coefficient (Wildman–Crippen LogP) is 4.03. The van der Waals surface area contributed by atoms with Crippen molar-refractivity contribution in [2.24, 2.45) is 0 Å². The van der Waals surface area contributed by atoms with E-state index in [4.69, 9.17) is 9.47 Å². The summed E-state index contributed by atoms with van der Waals surface area (Å²) in [7, 11) is 1.49. The Morgan fingerprint density at radius 3 is 2.73 bits per heavy atom. The van der Waals surface area contributed by atoms with Gasteiger partial charge in [0.2, 0.25) is 5.78 Å². The molecule has 0 saturated carbocycles. The van der Waals surface area contributed by atoms with E-state index < -0.39 is 0 Å². The third-order valence-electron chi connectivity index (χ3n) is 4.52. The molecular formula is C22H20N4O4. The van der Waals surface area contributed by atoms with Crippen LogP contribution in [0.2, 0.25) is 0 Å². The van der Waals surface area contributed by atoms with Crippen LogP contribution >= 0.6 is 0 Å². The zero-order valence-corrected chi connectivity index (χ0v) is 16.5. The summed E-state index contributed by atoms with van der Waals surface area (Å²) in [5.41, 5.74) is 2.63. The average molecular weight is 404 g/mol. The smallest absolute Gasteiger partial charge is 0.338 e. The van der Waals surface area contributed by atoms with Gasteiger partial charge in [0, 0.05) is 23.6 Å². The van der Waals surface area contributed by atoms with E-state index >= 15 is 0 Å². The molecule has 0 aliphatic heterocycles. The standard InChI is InChI=1S/C22H20N4O4/c1-3-30-21(28)14-5-8-16(9-6-14)24-20-19(25-22-23-11-4-12-26(20)22)15-7-10-17(27)18(13-15)29-2/h4-13,24,27H,3H2,1-2H3. The van der Waals surface area contributed by atoms with Crippen molar-refractivity contribution in [2.45, 2.75) is 6.92 Å². The topological polar surface area (TPSA) is 98.0 Å². The Morgan fingerprint density at radius 2 is 2.00 bits per heavy atom. The number of methoxy groups -OCH3 is 1. The summed E-state index contributed by atoms with van der Waals surface area (Å²) in [4.78, 5) is 20.8. The van der Waals surface area contributed by atoms with Crippen molar-refractivity contribution in [3.8, 4) is 22.8 Å². The van der Waals surface area contributed by atoms with E-state index in [0.717, 1.165) is 11.3 Å². The second-order valence-corrected chi connectivity index (χ2v) is 6.41. The summed E-state index contributed by atoms with van der Waals surface area (Å²) in [6.45, 7) is 2.10. The minimum Gasteiger partial charge on any atom is -0.504 e. The fraction of sp³-hybridized carbons (Fsp3) is 0.136. The SMILES string of the molecule is CCOC(=O)c1ccc(Nc2c(-c3ccc(O)c(OC)c3)nc3ncccn23)cc1. The molecule has 4 aromatic rings. The Morgan fingerprint density at radius 1 is 1.20 bits per heavy atom. The highest BCUT2D eigenvalue weighted by Crippen LogP contribution is 2.35. The number of nitrogens with zero attached hydrogens (tertiary/aromatic N) is 3. The Kier molecular flexibility index (Phi) is 5.21. The molecule has 0 amide bonds. The maximum Gasteiger partial charge on any atom is 0.338 e. The minimum absolute atomic E-state index is 0.0483. The third kappa shape index (κ3) is 3.62. The number of carbonyl (C=O) groups is 1. The molecule has 4 rings (SSSR count). The van der Waals surface area contributed by atoms with Crippen molar-refractivity contribution in [3.05, 3.63) is 66.5 Å². The second kappa shape index (κ2) is 8.12. The zero-order valence-electron chi connectivity index (χ0n) is 16.5. The molecule has 0 fully saturated rings. The van der Waals surface area contributed by atoms with E-state index in [2.05, 4.69) is 15.3 Å². The normalized spacial score (nSPS) is 10.7. The molecule has 0 bridgehead atoms. The summed E-state index contributed by atoms with van der Waals surface area (Å²) in [5.74, 6) is 1.24. The lowest BCUT2D eigenvalue weighted by Crippen LogP contribution is -2.04. The summed E-state index contributed by atoms with van der Waals surface area (Å²) < 4.78 is 12.1. The van der Waals surface area contributed by atoms with Gasteiger partial charge in [0.25, 0.3) is 0 Å². The van der Waals surface area contributed by atoms with E-state index in [-0.39, 0.29) is 11.7 Å². The van der Waals surface area contributed by atoms with Crippen LogP contribution in [0.1, 0.15) is 17.3 Å². The molecular weight excluding hydrogens is 384 g/mol. The summed E-state index contributed by atoms with van der Waals surface area (Å²) in [6.07, 6.45) is 3.52. The summed E-state index contributed by atoms with van der Waals surface area (Å²) >= 11 is 0. The maximum atomic E-state index is 11.9. The van der Waals surface area contributed by atoms with Crippen LogP contribution in [0.15, 0.2) is 60.9 Å². The number of fused-ring (bicyclic) bond motifs is 1. The maximum absolute atomic E-state index is 11.9. The van der Waals surface area contributed by atoms with Gasteiger partial charge in [-0.05, 0) is 55.5 Å². The van der Waals surface area contributed by atoms with Gasteiger partial charge in [-0.3, -0.25) is 4.40 Å². The monoisotopic (exact) mass is 404 g/mol. The number of phenolic OH excluding ortho intramolecular Hbond substituents is 1. The van der Waals surface area contributed by atoms with Crippen LogP contribution in [0.25, 0.3) is 17.0 Å². The van der Waals surface area contributed by atoms with E-state index in [9.17, 15) is 9.90 Å². The fourth-order valence-corrected chi connectivity index (χ4v) is 3.07. The largest absolute Gasteiger partial charge is 0.504 e. The molecule has 0 radical (unpaired) electrons. The van der Waals surface area contributed by atoms with Crippen LogP contribution in [-0.4, -0.2) is 39.2 Å². The predicted molar refractivity (Wildman–Crippen MR) is 112 cm³/mol. The Hall–Kier alpha value is -4.07. The van der Waals surface area contributed by atoms with Crippen molar-refractivity contribution >= 4 is 23.3 Å². The lowest BCUT2D eigenvalue weighted by atomic mass is 10.1. The first-order chi connectivity index (χ1) is 14.6. The van der Waals surface area contributed by atoms with Gasteiger partial charge in [-0.1, -0.05) is 0 Å². The number of esters is 1. The molecule has 30 heavy (non-hydrogen) atoms. The first kappa shape index (κ1) is 19.3. The minimum atomic E-state index is -0.361. The van der Waals surface area contributed by atoms with E-state index in [1.54, 1.807) is 55.6 Å². The highest BCUT2D eigenvalue weighted by atomic mass is 16.5. The number of benzene rings is 2. The van der Waals surface area contributed by atoms with E-state index in [0.29, 0.717) is 35.2 Å². The number of ether oxygens (including phenoxy) is 2. The number of rotatable bonds is 6. The van der Waals surface area contributed by atoms with Gasteiger partial charge in [-0.15, -0.1) is 0 Å². The number of aromatic hydroxyl groups is 1. The molecule has 152 valence electrons. The molecule has 0 atom stereocenters. The van der Waals surface area contributed by atoms with Crippen LogP contribution < -0.4 is 10.1 Å². The molecule has 8 nitrogen and oxygen atoms in total. The highest BCUT2D eigenvalue weighted by Gasteiger charge is 2.17. The van der Waals surface area contributed by atoms with Crippen LogP contribution in [-0.2, 0) is 4.74 Å². The quantitative estimate of drug-likeness (QED) is 0.468. The number of hydrogen-bond donors (Lipinski definition) is 2. The molecule has 0 spiro atoms. The second-order valence-electron chi connectivity index (χ2n) is 6.41. The third-order valence-corrected chi connectivity index (χ3v) is 4.52. The zero-order chi connectivity index (χ0) is 21.1. The first-order valence-electron chi connectivity index (χ1n) is 9.35. The summed E-state index contributed by atoms with van der Waals surface area (Å²) in [6, 6.07) is 13.8. The number of nitrogens with one attached hydrogen (secondary N) is 1. The van der Waals surface area contributed by atoms with Crippen LogP contribution in [0.4, 0.5) is 11.5 Å². The lowest BCUT2D eigenvalue weighted by Gasteiger charge is -2.10. The molecule has 2 aromatic heterocycles. The van der Waals surface area contributed by atoms with Gasteiger partial charge in [-0.25, -0.2) is 14.8 Å². The van der Waals surface area contributed by atoms with Crippen molar-refractivity contribution in [1.82, 2.24) is 14.4 Å². The van der Waals surface area contributed by atoms with Gasteiger partial charge in [0.05, 0.1) is 19.3 Å². The fourth-order valence-electron chi connectivity index (χ4n) is 3.07. The molecule has 0 unspecified atom stereocenters.